The first kappa shape index (κ1) is 12.9. The van der Waals surface area contributed by atoms with Gasteiger partial charge in [-0.05, 0) is 12.1 Å². The minimum Gasteiger partial charge on any atom is -0.315 e. The number of aromatic nitrogens is 3. The van der Waals surface area contributed by atoms with E-state index < -0.39 is 11.6 Å². The number of halogens is 2. The van der Waals surface area contributed by atoms with E-state index in [1.807, 2.05) is 9.47 Å². The van der Waals surface area contributed by atoms with Crippen LogP contribution in [0.2, 0.25) is 0 Å². The van der Waals surface area contributed by atoms with E-state index in [0.29, 0.717) is 19.6 Å². The molecule has 0 fully saturated rings. The number of hydrogen-bond acceptors (Lipinski definition) is 4. The van der Waals surface area contributed by atoms with E-state index in [2.05, 4.69) is 10.2 Å². The van der Waals surface area contributed by atoms with Gasteiger partial charge < -0.3 is 4.57 Å². The SMILES string of the molecule is O=C(CN1CCn2cnnc2C1)c1ccc(F)cc1F. The lowest BCUT2D eigenvalue weighted by Gasteiger charge is -2.26. The van der Waals surface area contributed by atoms with Crippen molar-refractivity contribution in [3.8, 4) is 0 Å². The molecule has 2 heterocycles. The summed E-state index contributed by atoms with van der Waals surface area (Å²) in [6, 6.07) is 2.99. The highest BCUT2D eigenvalue weighted by molar-refractivity contribution is 5.97. The number of Topliss-reactive ketones (excluding diaryl/α,β-unsaturated/α-hetero) is 1. The Kier molecular flexibility index (Phi) is 3.27. The van der Waals surface area contributed by atoms with Crippen molar-refractivity contribution in [2.24, 2.45) is 0 Å². The summed E-state index contributed by atoms with van der Waals surface area (Å²) in [4.78, 5) is 13.9. The van der Waals surface area contributed by atoms with Gasteiger partial charge in [0.2, 0.25) is 0 Å². The van der Waals surface area contributed by atoms with Crippen LogP contribution < -0.4 is 0 Å². The topological polar surface area (TPSA) is 51.0 Å². The van der Waals surface area contributed by atoms with Crippen LogP contribution in [0.25, 0.3) is 0 Å². The maximum atomic E-state index is 13.5. The monoisotopic (exact) mass is 278 g/mol. The van der Waals surface area contributed by atoms with Crippen LogP contribution in [-0.2, 0) is 13.1 Å². The van der Waals surface area contributed by atoms with Crippen molar-refractivity contribution in [3.05, 3.63) is 47.5 Å². The Labute approximate surface area is 113 Å². The maximum absolute atomic E-state index is 13.5. The zero-order valence-corrected chi connectivity index (χ0v) is 10.6. The number of hydrogen-bond donors (Lipinski definition) is 0. The van der Waals surface area contributed by atoms with E-state index in [0.717, 1.165) is 18.0 Å². The molecule has 0 saturated carbocycles. The predicted octanol–water partition coefficient (Wildman–Crippen LogP) is 1.25. The molecule has 3 rings (SSSR count). The van der Waals surface area contributed by atoms with Gasteiger partial charge >= 0.3 is 0 Å². The van der Waals surface area contributed by atoms with E-state index in [1.54, 1.807) is 6.33 Å². The van der Waals surface area contributed by atoms with Crippen molar-refractivity contribution in [1.29, 1.82) is 0 Å². The number of fused-ring (bicyclic) bond motifs is 1. The lowest BCUT2D eigenvalue weighted by molar-refractivity contribution is 0.0904. The van der Waals surface area contributed by atoms with Crippen molar-refractivity contribution in [2.75, 3.05) is 13.1 Å². The summed E-state index contributed by atoms with van der Waals surface area (Å²) in [5.74, 6) is -1.10. The Morgan fingerprint density at radius 3 is 2.95 bits per heavy atom. The van der Waals surface area contributed by atoms with Gasteiger partial charge in [0.05, 0.1) is 18.7 Å². The van der Waals surface area contributed by atoms with Crippen LogP contribution in [0.1, 0.15) is 16.2 Å². The molecule has 0 atom stereocenters. The van der Waals surface area contributed by atoms with Gasteiger partial charge in [0.1, 0.15) is 23.8 Å². The smallest absolute Gasteiger partial charge is 0.179 e. The molecule has 0 spiro atoms. The number of nitrogens with zero attached hydrogens (tertiary/aromatic N) is 4. The highest BCUT2D eigenvalue weighted by atomic mass is 19.1. The molecule has 104 valence electrons. The number of carbonyl (C=O) groups is 1. The molecule has 0 bridgehead atoms. The molecule has 1 aromatic heterocycles. The van der Waals surface area contributed by atoms with Gasteiger partial charge in [0.15, 0.2) is 5.78 Å². The normalized spacial score (nSPS) is 15.1. The Bertz CT molecular complexity index is 656. The van der Waals surface area contributed by atoms with E-state index in [4.69, 9.17) is 0 Å². The Morgan fingerprint density at radius 1 is 1.30 bits per heavy atom. The minimum atomic E-state index is -0.824. The standard InChI is InChI=1S/C13H12F2N4O/c14-9-1-2-10(11(15)5-9)12(20)6-18-3-4-19-8-16-17-13(19)7-18/h1-2,5,8H,3-4,6-7H2. The molecular weight excluding hydrogens is 266 g/mol. The summed E-state index contributed by atoms with van der Waals surface area (Å²) >= 11 is 0. The van der Waals surface area contributed by atoms with Crippen molar-refractivity contribution in [3.63, 3.8) is 0 Å². The van der Waals surface area contributed by atoms with E-state index >= 15 is 0 Å². The summed E-state index contributed by atoms with van der Waals surface area (Å²) in [5, 5.41) is 7.75. The van der Waals surface area contributed by atoms with Crippen molar-refractivity contribution >= 4 is 5.78 Å². The summed E-state index contributed by atoms with van der Waals surface area (Å²) in [6.45, 7) is 1.94. The Morgan fingerprint density at radius 2 is 2.15 bits per heavy atom. The lowest BCUT2D eigenvalue weighted by Crippen LogP contribution is -2.37. The second kappa shape index (κ2) is 5.09. The fourth-order valence-electron chi connectivity index (χ4n) is 2.26. The van der Waals surface area contributed by atoms with Crippen LogP contribution in [0.3, 0.4) is 0 Å². The van der Waals surface area contributed by atoms with Gasteiger partial charge in [0.25, 0.3) is 0 Å². The maximum Gasteiger partial charge on any atom is 0.179 e. The van der Waals surface area contributed by atoms with Gasteiger partial charge in [-0.1, -0.05) is 0 Å². The molecule has 0 amide bonds. The third kappa shape index (κ3) is 2.44. The Balaban J connectivity index is 1.71. The van der Waals surface area contributed by atoms with Crippen molar-refractivity contribution < 1.29 is 13.6 Å². The average molecular weight is 278 g/mol. The first-order valence-corrected chi connectivity index (χ1v) is 6.21. The second-order valence-electron chi connectivity index (χ2n) is 4.70. The number of ketones is 1. The second-order valence-corrected chi connectivity index (χ2v) is 4.70. The Hall–Kier alpha value is -2.15. The fraction of sp³-hybridized carbons (Fsp3) is 0.308. The molecule has 7 heteroatoms. The lowest BCUT2D eigenvalue weighted by atomic mass is 10.1. The number of carbonyl (C=O) groups excluding carboxylic acids is 1. The molecular formula is C13H12F2N4O. The van der Waals surface area contributed by atoms with Gasteiger partial charge in [-0.25, -0.2) is 8.78 Å². The van der Waals surface area contributed by atoms with Crippen LogP contribution in [0.15, 0.2) is 24.5 Å². The first-order valence-electron chi connectivity index (χ1n) is 6.21. The summed E-state index contributed by atoms with van der Waals surface area (Å²) < 4.78 is 28.3. The molecule has 2 aromatic rings. The van der Waals surface area contributed by atoms with Crippen molar-refractivity contribution in [2.45, 2.75) is 13.1 Å². The third-order valence-corrected chi connectivity index (χ3v) is 3.32. The number of rotatable bonds is 3. The average Bonchev–Trinajstić information content (AvgIpc) is 2.85. The van der Waals surface area contributed by atoms with Crippen LogP contribution in [0.4, 0.5) is 8.78 Å². The van der Waals surface area contributed by atoms with Gasteiger partial charge in [0, 0.05) is 19.2 Å². The zero-order chi connectivity index (χ0) is 14.1. The van der Waals surface area contributed by atoms with E-state index in [9.17, 15) is 13.6 Å². The number of benzene rings is 1. The van der Waals surface area contributed by atoms with E-state index in [-0.39, 0.29) is 17.9 Å². The third-order valence-electron chi connectivity index (χ3n) is 3.32. The summed E-state index contributed by atoms with van der Waals surface area (Å²) in [7, 11) is 0. The minimum absolute atomic E-state index is 0.0788. The summed E-state index contributed by atoms with van der Waals surface area (Å²) in [6.07, 6.45) is 1.65. The molecule has 1 aromatic carbocycles. The first-order chi connectivity index (χ1) is 9.63. The van der Waals surface area contributed by atoms with Crippen LogP contribution in [0, 0.1) is 11.6 Å². The van der Waals surface area contributed by atoms with Gasteiger partial charge in [-0.2, -0.15) is 0 Å². The highest BCUT2D eigenvalue weighted by Crippen LogP contribution is 2.13. The molecule has 1 aliphatic rings. The summed E-state index contributed by atoms with van der Waals surface area (Å²) in [5.41, 5.74) is -0.0848. The van der Waals surface area contributed by atoms with Crippen LogP contribution in [0.5, 0.6) is 0 Å². The van der Waals surface area contributed by atoms with Crippen LogP contribution >= 0.6 is 0 Å². The van der Waals surface area contributed by atoms with Crippen molar-refractivity contribution in [1.82, 2.24) is 19.7 Å². The van der Waals surface area contributed by atoms with E-state index in [1.165, 1.54) is 6.07 Å². The molecule has 0 saturated heterocycles. The molecule has 20 heavy (non-hydrogen) atoms. The molecule has 0 N–H and O–H groups in total. The van der Waals surface area contributed by atoms with Gasteiger partial charge in [-0.15, -0.1) is 10.2 Å². The molecule has 0 unspecified atom stereocenters. The largest absolute Gasteiger partial charge is 0.315 e. The molecule has 0 radical (unpaired) electrons. The zero-order valence-electron chi connectivity index (χ0n) is 10.6. The van der Waals surface area contributed by atoms with Crippen LogP contribution in [-0.4, -0.2) is 38.5 Å². The highest BCUT2D eigenvalue weighted by Gasteiger charge is 2.21. The quantitative estimate of drug-likeness (QED) is 0.793. The predicted molar refractivity (Wildman–Crippen MR) is 66.0 cm³/mol. The fourth-order valence-corrected chi connectivity index (χ4v) is 2.26. The van der Waals surface area contributed by atoms with Gasteiger partial charge in [-0.3, -0.25) is 9.69 Å². The molecule has 1 aliphatic heterocycles. The molecule has 5 nitrogen and oxygen atoms in total. The molecule has 0 aliphatic carbocycles.